The van der Waals surface area contributed by atoms with Gasteiger partial charge in [-0.3, -0.25) is 4.79 Å². The van der Waals surface area contributed by atoms with Crippen LogP contribution in [0.25, 0.3) is 0 Å². The van der Waals surface area contributed by atoms with Crippen LogP contribution in [0.5, 0.6) is 0 Å². The minimum absolute atomic E-state index is 0.0251. The number of hydrogen-bond acceptors (Lipinski definition) is 4. The van der Waals surface area contributed by atoms with Gasteiger partial charge in [0.25, 0.3) is 8.32 Å². The van der Waals surface area contributed by atoms with Crippen LogP contribution in [0.3, 0.4) is 0 Å². The second kappa shape index (κ2) is 13.2. The second-order valence-electron chi connectivity index (χ2n) is 16.4. The minimum atomic E-state index is -2.69. The number of allylic oxidation sites excluding steroid dienone is 1. The van der Waals surface area contributed by atoms with Crippen LogP contribution in [0.4, 0.5) is 0 Å². The number of carbonyl (C=O) groups is 1. The summed E-state index contributed by atoms with van der Waals surface area (Å²) < 4.78 is 16.4. The number of aryl methyl sites for hydroxylation is 1. The topological polar surface area (TPSA) is 53.4 Å². The molecule has 5 nitrogen and oxygen atoms in total. The summed E-state index contributed by atoms with van der Waals surface area (Å²) in [6.07, 6.45) is 14.4. The lowest BCUT2D eigenvalue weighted by Gasteiger charge is -2.57. The number of carbonyl (C=O) groups excluding carboxylic acids is 1. The lowest BCUT2D eigenvalue weighted by molar-refractivity contribution is -0.173. The largest absolute Gasteiger partial charge is 0.462 e. The molecule has 47 heavy (non-hydrogen) atoms. The van der Waals surface area contributed by atoms with Gasteiger partial charge in [-0.25, -0.2) is 4.98 Å². The van der Waals surface area contributed by atoms with Gasteiger partial charge in [-0.1, -0.05) is 107 Å². The Kier molecular flexibility index (Phi) is 9.49. The van der Waals surface area contributed by atoms with Gasteiger partial charge in [0, 0.05) is 43.8 Å². The first-order chi connectivity index (χ1) is 22.4. The molecule has 0 saturated heterocycles. The van der Waals surface area contributed by atoms with Gasteiger partial charge in [0.1, 0.15) is 6.10 Å². The van der Waals surface area contributed by atoms with Gasteiger partial charge in [0.2, 0.25) is 0 Å². The van der Waals surface area contributed by atoms with E-state index in [1.807, 2.05) is 12.5 Å². The van der Waals surface area contributed by atoms with E-state index in [1.54, 1.807) is 6.92 Å². The Morgan fingerprint density at radius 1 is 0.979 bits per heavy atom. The Labute approximate surface area is 284 Å². The number of imidazole rings is 1. The van der Waals surface area contributed by atoms with E-state index in [-0.39, 0.29) is 34.0 Å². The van der Waals surface area contributed by atoms with E-state index in [9.17, 15) is 4.79 Å². The fraction of sp³-hybridized carbons (Fsp3) is 0.561. The molecule has 0 spiro atoms. The van der Waals surface area contributed by atoms with Crippen LogP contribution in [0.15, 0.2) is 91.5 Å². The zero-order chi connectivity index (χ0) is 33.5. The van der Waals surface area contributed by atoms with Crippen molar-refractivity contribution < 1.29 is 14.0 Å². The molecule has 3 fully saturated rings. The minimum Gasteiger partial charge on any atom is -0.462 e. The maximum absolute atomic E-state index is 12.7. The summed E-state index contributed by atoms with van der Waals surface area (Å²) in [6, 6.07) is 22.1. The molecule has 3 aromatic rings. The van der Waals surface area contributed by atoms with Crippen molar-refractivity contribution in [3.8, 4) is 0 Å². The molecule has 3 saturated carbocycles. The van der Waals surface area contributed by atoms with Crippen LogP contribution < -0.4 is 10.4 Å². The molecule has 7 atom stereocenters. The molecule has 0 aliphatic heterocycles. The van der Waals surface area contributed by atoms with Gasteiger partial charge in [-0.2, -0.15) is 0 Å². The third kappa shape index (κ3) is 6.21. The van der Waals surface area contributed by atoms with E-state index in [2.05, 4.69) is 118 Å². The third-order valence-electron chi connectivity index (χ3n) is 12.8. The van der Waals surface area contributed by atoms with Gasteiger partial charge in [-0.05, 0) is 83.5 Å². The van der Waals surface area contributed by atoms with Crippen molar-refractivity contribution in [2.24, 2.45) is 28.6 Å². The molecule has 2 aromatic carbocycles. The Morgan fingerprint density at radius 2 is 1.64 bits per heavy atom. The molecule has 0 N–H and O–H groups in total. The number of nitrogens with zero attached hydrogens (tertiary/aromatic N) is 2. The molecule has 6 rings (SSSR count). The second-order valence-corrected chi connectivity index (χ2v) is 20.6. The SMILES string of the molecule is C=C1CCC2C(OC(C)=O)C([C@@]3(C)CC[C@H](O[Si](c4ccccc4)(c4ccccc4)C(C)(C)C)C[C@@H]3CCn3ccnc3)CCC12C. The van der Waals surface area contributed by atoms with Gasteiger partial charge >= 0.3 is 5.97 Å². The predicted molar refractivity (Wildman–Crippen MR) is 193 cm³/mol. The molecule has 0 radical (unpaired) electrons. The lowest BCUT2D eigenvalue weighted by atomic mass is 9.51. The van der Waals surface area contributed by atoms with E-state index in [0.717, 1.165) is 57.9 Å². The average Bonchev–Trinajstić information content (AvgIpc) is 3.67. The van der Waals surface area contributed by atoms with Crippen LogP contribution in [0, 0.1) is 28.6 Å². The monoisotopic (exact) mass is 652 g/mol. The zero-order valence-corrected chi connectivity index (χ0v) is 30.6. The van der Waals surface area contributed by atoms with Crippen molar-refractivity contribution in [1.82, 2.24) is 9.55 Å². The summed E-state index contributed by atoms with van der Waals surface area (Å²) in [6.45, 7) is 19.1. The highest BCUT2D eigenvalue weighted by Crippen LogP contribution is 2.62. The highest BCUT2D eigenvalue weighted by molar-refractivity contribution is 6.99. The molecule has 3 aliphatic rings. The molecular weight excluding hydrogens is 597 g/mol. The van der Waals surface area contributed by atoms with E-state index in [1.165, 1.54) is 15.9 Å². The molecule has 1 aromatic heterocycles. The first kappa shape index (κ1) is 33.9. The summed E-state index contributed by atoms with van der Waals surface area (Å²) in [5.74, 6) is 0.926. The van der Waals surface area contributed by atoms with Crippen LogP contribution in [0.1, 0.15) is 92.9 Å². The molecular formula is C41H56N2O3Si. The van der Waals surface area contributed by atoms with Gasteiger partial charge in [-0.15, -0.1) is 0 Å². The summed E-state index contributed by atoms with van der Waals surface area (Å²) in [4.78, 5) is 17.0. The quantitative estimate of drug-likeness (QED) is 0.133. The first-order valence-corrected chi connectivity index (χ1v) is 19.9. The van der Waals surface area contributed by atoms with Crippen molar-refractivity contribution in [2.75, 3.05) is 0 Å². The summed E-state index contributed by atoms with van der Waals surface area (Å²) in [5.41, 5.74) is 1.43. The molecule has 1 heterocycles. The number of benzene rings is 2. The van der Waals surface area contributed by atoms with Gasteiger partial charge in [0.15, 0.2) is 0 Å². The number of aromatic nitrogens is 2. The van der Waals surface area contributed by atoms with Crippen molar-refractivity contribution in [3.63, 3.8) is 0 Å². The normalized spacial score (nSPS) is 31.4. The maximum atomic E-state index is 12.7. The Bertz CT molecular complexity index is 1480. The lowest BCUT2D eigenvalue weighted by Crippen LogP contribution is -2.68. The fourth-order valence-electron chi connectivity index (χ4n) is 10.1. The van der Waals surface area contributed by atoms with Crippen molar-refractivity contribution in [1.29, 1.82) is 0 Å². The van der Waals surface area contributed by atoms with E-state index in [4.69, 9.17) is 9.16 Å². The molecule has 0 amide bonds. The standard InChI is InChI=1S/C41H56N2O3Si/c1-30-18-19-36-38(45-31(2)44)37(21-24-40(30,36)6)41(7)23-20-33(28-32(41)22-26-43-27-25-42-29-43)46-47(39(3,4)5,34-14-10-8-11-15-34)35-16-12-9-13-17-35/h8-17,25,27,29,32-33,36-38H,1,18-24,26,28H2,2-7H3/t32-,33-,36?,37?,38?,40?,41-/m0/s1. The number of hydrogen-bond donors (Lipinski definition) is 0. The van der Waals surface area contributed by atoms with E-state index in [0.29, 0.717) is 17.8 Å². The highest BCUT2D eigenvalue weighted by atomic mass is 28.4. The number of ether oxygens (including phenoxy) is 1. The number of fused-ring (bicyclic) bond motifs is 1. The Hall–Kier alpha value is -2.96. The third-order valence-corrected chi connectivity index (χ3v) is 17.9. The van der Waals surface area contributed by atoms with Crippen LogP contribution >= 0.6 is 0 Å². The maximum Gasteiger partial charge on any atom is 0.302 e. The summed E-state index contributed by atoms with van der Waals surface area (Å²) >= 11 is 0. The van der Waals surface area contributed by atoms with Crippen LogP contribution in [0.2, 0.25) is 5.04 Å². The smallest absolute Gasteiger partial charge is 0.302 e. The molecule has 0 bridgehead atoms. The predicted octanol–water partition coefficient (Wildman–Crippen LogP) is 8.34. The average molecular weight is 653 g/mol. The summed E-state index contributed by atoms with van der Waals surface area (Å²) in [5, 5.41) is 2.61. The fourth-order valence-corrected chi connectivity index (χ4v) is 14.9. The van der Waals surface area contributed by atoms with Crippen molar-refractivity contribution in [2.45, 2.75) is 117 Å². The molecule has 3 aliphatic carbocycles. The zero-order valence-electron chi connectivity index (χ0n) is 29.6. The van der Waals surface area contributed by atoms with Crippen molar-refractivity contribution in [3.05, 3.63) is 91.5 Å². The van der Waals surface area contributed by atoms with Crippen LogP contribution in [-0.4, -0.2) is 36.0 Å². The van der Waals surface area contributed by atoms with E-state index >= 15 is 0 Å². The van der Waals surface area contributed by atoms with Gasteiger partial charge in [0.05, 0.1) is 6.33 Å². The molecule has 6 heteroatoms. The Morgan fingerprint density at radius 3 is 2.21 bits per heavy atom. The molecule has 252 valence electrons. The van der Waals surface area contributed by atoms with Crippen molar-refractivity contribution >= 4 is 24.7 Å². The van der Waals surface area contributed by atoms with Gasteiger partial charge < -0.3 is 13.7 Å². The highest BCUT2D eigenvalue weighted by Gasteiger charge is 2.59. The van der Waals surface area contributed by atoms with E-state index < -0.39 is 8.32 Å². The Balaban J connectivity index is 1.36. The first-order valence-electron chi connectivity index (χ1n) is 18.0. The number of esters is 1. The number of rotatable bonds is 9. The summed E-state index contributed by atoms with van der Waals surface area (Å²) in [7, 11) is -2.69. The van der Waals surface area contributed by atoms with Crippen LogP contribution in [-0.2, 0) is 20.5 Å². The molecule has 4 unspecified atom stereocenters.